The molecule has 0 bridgehead atoms. The molecule has 2 aromatic carbocycles. The van der Waals surface area contributed by atoms with E-state index in [-0.39, 0.29) is 23.2 Å². The van der Waals surface area contributed by atoms with Crippen molar-refractivity contribution in [1.82, 2.24) is 9.47 Å². The van der Waals surface area contributed by atoms with Crippen LogP contribution in [-0.2, 0) is 17.8 Å². The van der Waals surface area contributed by atoms with Gasteiger partial charge in [0.25, 0.3) is 5.69 Å². The predicted molar refractivity (Wildman–Crippen MR) is 116 cm³/mol. The third-order valence-electron chi connectivity index (χ3n) is 5.75. The molecular formula is C22H22ClN3O5. The highest BCUT2D eigenvalue weighted by Gasteiger charge is 2.28. The number of amides is 1. The summed E-state index contributed by atoms with van der Waals surface area (Å²) < 4.78 is 6.55. The lowest BCUT2D eigenvalue weighted by atomic mass is 10.0. The van der Waals surface area contributed by atoms with Gasteiger partial charge in [0, 0.05) is 36.6 Å². The molecule has 1 atom stereocenters. The van der Waals surface area contributed by atoms with Crippen molar-refractivity contribution in [2.24, 2.45) is 0 Å². The SMILES string of the molecule is O=C(CCCn1c(=O)oc2cc([N+](=O)[O-])ccc21)N1CCCC1Cc1ccccc1Cl. The van der Waals surface area contributed by atoms with E-state index in [1.165, 1.54) is 22.8 Å². The second-order valence-electron chi connectivity index (χ2n) is 7.71. The number of nitro groups is 1. The monoisotopic (exact) mass is 443 g/mol. The summed E-state index contributed by atoms with van der Waals surface area (Å²) in [4.78, 5) is 37.3. The lowest BCUT2D eigenvalue weighted by Crippen LogP contribution is -2.36. The van der Waals surface area contributed by atoms with Crippen molar-refractivity contribution in [3.63, 3.8) is 0 Å². The summed E-state index contributed by atoms with van der Waals surface area (Å²) in [7, 11) is 0. The van der Waals surface area contributed by atoms with Gasteiger partial charge in [0.1, 0.15) is 0 Å². The van der Waals surface area contributed by atoms with Crippen LogP contribution in [0.2, 0.25) is 5.02 Å². The van der Waals surface area contributed by atoms with Gasteiger partial charge in [-0.3, -0.25) is 19.5 Å². The molecular weight excluding hydrogens is 422 g/mol. The average Bonchev–Trinajstić information content (AvgIpc) is 3.33. The fourth-order valence-corrected chi connectivity index (χ4v) is 4.42. The number of benzene rings is 2. The van der Waals surface area contributed by atoms with E-state index in [1.807, 2.05) is 29.2 Å². The molecule has 2 heterocycles. The smallest absolute Gasteiger partial charge is 0.407 e. The van der Waals surface area contributed by atoms with Crippen LogP contribution >= 0.6 is 11.6 Å². The van der Waals surface area contributed by atoms with E-state index in [4.69, 9.17) is 16.0 Å². The number of nitrogens with zero attached hydrogens (tertiary/aromatic N) is 3. The number of likely N-dealkylation sites (tertiary alicyclic amines) is 1. The molecule has 9 heteroatoms. The van der Waals surface area contributed by atoms with Gasteiger partial charge in [0.05, 0.1) is 16.5 Å². The van der Waals surface area contributed by atoms with Crippen molar-refractivity contribution in [2.45, 2.75) is 44.7 Å². The van der Waals surface area contributed by atoms with E-state index in [0.29, 0.717) is 29.9 Å². The molecule has 1 amide bonds. The third kappa shape index (κ3) is 4.49. The van der Waals surface area contributed by atoms with Crippen molar-refractivity contribution in [3.8, 4) is 0 Å². The Kier molecular flexibility index (Phi) is 6.08. The summed E-state index contributed by atoms with van der Waals surface area (Å²) in [6, 6.07) is 11.9. The summed E-state index contributed by atoms with van der Waals surface area (Å²) in [5.41, 5.74) is 1.56. The van der Waals surface area contributed by atoms with E-state index in [0.717, 1.165) is 31.4 Å². The first-order valence-electron chi connectivity index (χ1n) is 10.2. The molecule has 1 aliphatic rings. The number of oxazole rings is 1. The second-order valence-corrected chi connectivity index (χ2v) is 8.12. The zero-order valence-corrected chi connectivity index (χ0v) is 17.6. The molecule has 4 rings (SSSR count). The molecule has 1 saturated heterocycles. The first-order valence-corrected chi connectivity index (χ1v) is 10.6. The van der Waals surface area contributed by atoms with Gasteiger partial charge < -0.3 is 9.32 Å². The van der Waals surface area contributed by atoms with Gasteiger partial charge >= 0.3 is 5.76 Å². The number of hydrogen-bond acceptors (Lipinski definition) is 5. The maximum Gasteiger partial charge on any atom is 0.419 e. The number of rotatable bonds is 7. The third-order valence-corrected chi connectivity index (χ3v) is 6.11. The van der Waals surface area contributed by atoms with Gasteiger partial charge in [-0.15, -0.1) is 0 Å². The first kappa shape index (κ1) is 21.1. The first-order chi connectivity index (χ1) is 14.9. The normalized spacial score (nSPS) is 16.2. The van der Waals surface area contributed by atoms with Gasteiger partial charge in [-0.1, -0.05) is 29.8 Å². The Morgan fingerprint density at radius 3 is 2.84 bits per heavy atom. The Bertz CT molecular complexity index is 1190. The van der Waals surface area contributed by atoms with E-state index in [9.17, 15) is 19.7 Å². The Balaban J connectivity index is 1.39. The number of aromatic nitrogens is 1. The fourth-order valence-electron chi connectivity index (χ4n) is 4.21. The molecule has 0 spiro atoms. The minimum atomic E-state index is -0.583. The van der Waals surface area contributed by atoms with Gasteiger partial charge in [-0.05, 0) is 43.4 Å². The van der Waals surface area contributed by atoms with Crippen LogP contribution in [-0.4, -0.2) is 32.9 Å². The molecule has 0 saturated carbocycles. The fraction of sp³-hybridized carbons (Fsp3) is 0.364. The molecule has 0 aliphatic carbocycles. The van der Waals surface area contributed by atoms with Crippen LogP contribution in [0, 0.1) is 10.1 Å². The van der Waals surface area contributed by atoms with E-state index in [1.54, 1.807) is 0 Å². The Morgan fingerprint density at radius 1 is 1.26 bits per heavy atom. The summed E-state index contributed by atoms with van der Waals surface area (Å²) in [5, 5.41) is 11.6. The number of carbonyl (C=O) groups is 1. The number of carbonyl (C=O) groups excluding carboxylic acids is 1. The molecule has 162 valence electrons. The van der Waals surface area contributed by atoms with Crippen molar-refractivity contribution in [2.75, 3.05) is 6.54 Å². The van der Waals surface area contributed by atoms with Crippen molar-refractivity contribution in [3.05, 3.63) is 73.7 Å². The van der Waals surface area contributed by atoms with Crippen LogP contribution in [0.1, 0.15) is 31.2 Å². The lowest BCUT2D eigenvalue weighted by molar-refractivity contribution is -0.384. The van der Waals surface area contributed by atoms with Crippen LogP contribution in [0.3, 0.4) is 0 Å². The summed E-state index contributed by atoms with van der Waals surface area (Å²) in [6.45, 7) is 1.03. The van der Waals surface area contributed by atoms with Crippen LogP contribution in [0.4, 0.5) is 5.69 Å². The maximum absolute atomic E-state index is 12.8. The lowest BCUT2D eigenvalue weighted by Gasteiger charge is -2.25. The minimum Gasteiger partial charge on any atom is -0.407 e. The highest BCUT2D eigenvalue weighted by Crippen LogP contribution is 2.26. The maximum atomic E-state index is 12.8. The topological polar surface area (TPSA) is 98.6 Å². The highest BCUT2D eigenvalue weighted by atomic mass is 35.5. The standard InChI is InChI=1S/C22H22ClN3O5/c23-18-7-2-1-5-15(18)13-16-6-3-11-24(16)21(27)8-4-12-25-19-10-9-17(26(29)30)14-20(19)31-22(25)28/h1-2,5,7,9-10,14,16H,3-4,6,8,11-13H2. The largest absolute Gasteiger partial charge is 0.419 e. The number of aryl methyl sites for hydroxylation is 1. The van der Waals surface area contributed by atoms with E-state index >= 15 is 0 Å². The van der Waals surface area contributed by atoms with Gasteiger partial charge in [-0.2, -0.15) is 0 Å². The highest BCUT2D eigenvalue weighted by molar-refractivity contribution is 6.31. The van der Waals surface area contributed by atoms with Gasteiger partial charge in [-0.25, -0.2) is 4.79 Å². The molecule has 1 aromatic heterocycles. The van der Waals surface area contributed by atoms with Gasteiger partial charge in [0.15, 0.2) is 5.58 Å². The molecule has 1 aliphatic heterocycles. The van der Waals surface area contributed by atoms with E-state index < -0.39 is 10.7 Å². The van der Waals surface area contributed by atoms with Gasteiger partial charge in [0.2, 0.25) is 5.91 Å². The van der Waals surface area contributed by atoms with E-state index in [2.05, 4.69) is 0 Å². The van der Waals surface area contributed by atoms with Crippen LogP contribution in [0.5, 0.6) is 0 Å². The average molecular weight is 444 g/mol. The summed E-state index contributed by atoms with van der Waals surface area (Å²) in [6.07, 6.45) is 3.42. The Hall–Kier alpha value is -3.13. The molecule has 0 radical (unpaired) electrons. The van der Waals surface area contributed by atoms with Crippen molar-refractivity contribution in [1.29, 1.82) is 0 Å². The number of fused-ring (bicyclic) bond motifs is 1. The molecule has 0 N–H and O–H groups in total. The second kappa shape index (κ2) is 8.93. The quantitative estimate of drug-likeness (QED) is 0.403. The summed E-state index contributed by atoms with van der Waals surface area (Å²) in [5.74, 6) is -0.522. The molecule has 3 aromatic rings. The van der Waals surface area contributed by atoms with Crippen LogP contribution < -0.4 is 5.76 Å². The number of non-ortho nitro benzene ring substituents is 1. The number of nitro benzene ring substituents is 1. The Morgan fingerprint density at radius 2 is 2.06 bits per heavy atom. The zero-order valence-electron chi connectivity index (χ0n) is 16.8. The van der Waals surface area contributed by atoms with Crippen LogP contribution in [0.15, 0.2) is 51.7 Å². The summed E-state index contributed by atoms with van der Waals surface area (Å²) >= 11 is 6.28. The zero-order chi connectivity index (χ0) is 22.0. The molecule has 1 unspecified atom stereocenters. The molecule has 31 heavy (non-hydrogen) atoms. The molecule has 8 nitrogen and oxygen atoms in total. The van der Waals surface area contributed by atoms with Crippen LogP contribution in [0.25, 0.3) is 11.1 Å². The Labute approximate surface area is 183 Å². The predicted octanol–water partition coefficient (Wildman–Crippen LogP) is 4.17. The number of halogens is 1. The molecule has 1 fully saturated rings. The van der Waals surface area contributed by atoms with Crippen molar-refractivity contribution >= 4 is 34.3 Å². The van der Waals surface area contributed by atoms with Crippen molar-refractivity contribution < 1.29 is 14.1 Å². The number of hydrogen-bond donors (Lipinski definition) is 0. The minimum absolute atomic E-state index is 0.0611.